The van der Waals surface area contributed by atoms with Gasteiger partial charge in [0.25, 0.3) is 0 Å². The fourth-order valence-corrected chi connectivity index (χ4v) is 43.2. The van der Waals surface area contributed by atoms with Crippen molar-refractivity contribution in [3.63, 3.8) is 0 Å². The molecule has 0 aromatic heterocycles. The summed E-state index contributed by atoms with van der Waals surface area (Å²) >= 11 is 41.6. The average Bonchev–Trinajstić information content (AvgIpc) is 3.52. The monoisotopic (exact) mass is 1350 g/mol. The summed E-state index contributed by atoms with van der Waals surface area (Å²) in [6, 6.07) is 68.8. The van der Waals surface area contributed by atoms with Crippen molar-refractivity contribution in [2.45, 2.75) is 46.0 Å². The molecule has 0 amide bonds. The van der Waals surface area contributed by atoms with Gasteiger partial charge < -0.3 is 18.9 Å². The maximum absolute atomic E-state index is 6.53. The van der Waals surface area contributed by atoms with E-state index in [0.29, 0.717) is 0 Å². The highest BCUT2D eigenvalue weighted by atomic mass is 33.2. The van der Waals surface area contributed by atoms with Crippen molar-refractivity contribution in [2.24, 2.45) is 0 Å². The van der Waals surface area contributed by atoms with Crippen LogP contribution in [0.2, 0.25) is 0 Å². The van der Waals surface area contributed by atoms with E-state index >= 15 is 0 Å². The molecule has 0 N–H and O–H groups in total. The third-order valence-electron chi connectivity index (χ3n) is 13.1. The Morgan fingerprint density at radius 2 is 0.375 bits per heavy atom. The number of methoxy groups -OCH3 is 4. The Labute approximate surface area is 526 Å². The van der Waals surface area contributed by atoms with Gasteiger partial charge in [-0.3, -0.25) is 0 Å². The van der Waals surface area contributed by atoms with Crippen molar-refractivity contribution in [3.8, 4) is 23.0 Å². The van der Waals surface area contributed by atoms with Crippen molar-refractivity contribution in [3.05, 3.63) is 239 Å². The zero-order valence-corrected chi connectivity index (χ0v) is 57.8. The van der Waals surface area contributed by atoms with Gasteiger partial charge in [0.1, 0.15) is 23.0 Å². The van der Waals surface area contributed by atoms with Crippen molar-refractivity contribution >= 4 is 177 Å². The molecule has 80 heavy (non-hydrogen) atoms. The van der Waals surface area contributed by atoms with E-state index in [2.05, 4.69) is 146 Å². The van der Waals surface area contributed by atoms with Crippen LogP contribution in [0.25, 0.3) is 0 Å². The first-order valence-electron chi connectivity index (χ1n) is 25.3. The maximum Gasteiger partial charge on any atom is 0.118 e. The first-order chi connectivity index (χ1) is 38.8. The van der Waals surface area contributed by atoms with Crippen LogP contribution in [-0.2, 0) is 93.3 Å². The molecule has 0 unspecified atom stereocenters. The minimum absolute atomic E-state index is 0.861. The Hall–Kier alpha value is -1.64. The molecule has 0 atom stereocenters. The van der Waals surface area contributed by atoms with Crippen molar-refractivity contribution in [1.29, 1.82) is 0 Å². The molecule has 416 valence electrons. The number of hydrogen-bond donors (Lipinski definition) is 0. The van der Waals surface area contributed by atoms with Crippen LogP contribution in [0.15, 0.2) is 194 Å². The van der Waals surface area contributed by atoms with Crippen molar-refractivity contribution in [2.75, 3.05) is 28.4 Å². The standard InChI is InChI=1S/2C30H30O2P2S6/c2*1-31-27-11-15-29(16-12-27)33(35)37-19-23-7-3-5-9-25(23)21-39-34(36,30-17-13-28(32-2)14-18-30)40-22-26-10-6-4-8-24(26)20-38-33/h2*3-18H,19-22H2,1-2H3. The summed E-state index contributed by atoms with van der Waals surface area (Å²) in [4.78, 5) is 0. The summed E-state index contributed by atoms with van der Waals surface area (Å²) in [6.07, 6.45) is 0. The lowest BCUT2D eigenvalue weighted by molar-refractivity contribution is 0.415. The Kier molecular flexibility index (Phi) is 23.7. The van der Waals surface area contributed by atoms with E-state index in [1.807, 2.05) is 140 Å². The molecule has 2 aliphatic heterocycles. The third kappa shape index (κ3) is 16.5. The average molecular weight is 1350 g/mol. The Morgan fingerprint density at radius 1 is 0.237 bits per heavy atom. The molecule has 0 fully saturated rings. The maximum atomic E-state index is 6.53. The normalized spacial score (nSPS) is 21.9. The summed E-state index contributed by atoms with van der Waals surface area (Å²) in [5, 5.41) is 4.94. The molecule has 8 aromatic carbocycles. The largest absolute Gasteiger partial charge is 0.497 e. The molecule has 2 aliphatic rings. The summed E-state index contributed by atoms with van der Waals surface area (Å²) in [5.74, 6) is 10.5. The van der Waals surface area contributed by atoms with E-state index in [1.54, 1.807) is 28.4 Å². The fraction of sp³-hybridized carbons (Fsp3) is 0.200. The highest BCUT2D eigenvalue weighted by Crippen LogP contribution is 2.74. The zero-order valence-electron chi connectivity index (χ0n) is 44.5. The summed E-state index contributed by atoms with van der Waals surface area (Å²) in [6.45, 7) is 0. The minimum atomic E-state index is -1.99. The Bertz CT molecular complexity index is 2960. The smallest absolute Gasteiger partial charge is 0.118 e. The Balaban J connectivity index is 0.000000194. The molecule has 20 heteroatoms. The summed E-state index contributed by atoms with van der Waals surface area (Å²) in [5.41, 5.74) is 10.8. The van der Waals surface area contributed by atoms with Gasteiger partial charge in [0.15, 0.2) is 0 Å². The van der Waals surface area contributed by atoms with Gasteiger partial charge in [-0.25, -0.2) is 0 Å². The fourth-order valence-electron chi connectivity index (χ4n) is 8.40. The topological polar surface area (TPSA) is 36.9 Å². The predicted octanol–water partition coefficient (Wildman–Crippen LogP) is 19.2. The third-order valence-corrected chi connectivity index (χ3v) is 57.1. The quantitative estimate of drug-likeness (QED) is 0.135. The lowest BCUT2D eigenvalue weighted by Gasteiger charge is -2.26. The van der Waals surface area contributed by atoms with Crippen LogP contribution >= 0.6 is 109 Å². The van der Waals surface area contributed by atoms with E-state index in [4.69, 9.17) is 66.2 Å². The second-order valence-corrected chi connectivity index (χ2v) is 62.7. The molecule has 0 radical (unpaired) electrons. The number of hydrogen-bond acceptors (Lipinski definition) is 16. The zero-order chi connectivity index (χ0) is 56.0. The van der Waals surface area contributed by atoms with E-state index in [9.17, 15) is 0 Å². The molecule has 2 heterocycles. The molecule has 0 bridgehead atoms. The highest BCUT2D eigenvalue weighted by Gasteiger charge is 2.29. The first-order valence-corrected chi connectivity index (χ1v) is 49.2. The second-order valence-electron chi connectivity index (χ2n) is 18.0. The van der Waals surface area contributed by atoms with E-state index in [0.717, 1.165) is 69.0 Å². The van der Waals surface area contributed by atoms with Gasteiger partial charge in [-0.2, -0.15) is 0 Å². The highest BCUT2D eigenvalue weighted by molar-refractivity contribution is 9.03. The van der Waals surface area contributed by atoms with Crippen LogP contribution in [0.3, 0.4) is 0 Å². The molecule has 4 nitrogen and oxygen atoms in total. The predicted molar refractivity (Wildman–Crippen MR) is 384 cm³/mol. The number of ether oxygens (including phenoxy) is 4. The number of fused-ring (bicyclic) bond motifs is 4. The number of rotatable bonds is 8. The van der Waals surface area contributed by atoms with Crippen LogP contribution < -0.4 is 40.2 Å². The van der Waals surface area contributed by atoms with Gasteiger partial charge in [0, 0.05) is 67.2 Å². The van der Waals surface area contributed by atoms with Crippen LogP contribution in [-0.4, -0.2) is 28.4 Å². The molecular formula is C60H60O4P4S12. The minimum Gasteiger partial charge on any atom is -0.497 e. The number of benzene rings is 8. The van der Waals surface area contributed by atoms with Crippen molar-refractivity contribution < 1.29 is 18.9 Å². The van der Waals surface area contributed by atoms with Crippen LogP contribution in [0.4, 0.5) is 0 Å². The summed E-state index contributed by atoms with van der Waals surface area (Å²) < 4.78 is 13.7. The van der Waals surface area contributed by atoms with Crippen molar-refractivity contribution in [1.82, 2.24) is 0 Å². The van der Waals surface area contributed by atoms with Gasteiger partial charge in [-0.15, -0.1) is 91.1 Å². The lowest BCUT2D eigenvalue weighted by Crippen LogP contribution is -2.03. The molecule has 0 aliphatic carbocycles. The molecule has 0 saturated heterocycles. The molecule has 0 spiro atoms. The van der Waals surface area contributed by atoms with E-state index in [-0.39, 0.29) is 0 Å². The molecule has 8 aromatic rings. The van der Waals surface area contributed by atoms with E-state index < -0.39 is 17.8 Å². The van der Waals surface area contributed by atoms with E-state index in [1.165, 1.54) is 65.7 Å². The van der Waals surface area contributed by atoms with Gasteiger partial charge >= 0.3 is 0 Å². The van der Waals surface area contributed by atoms with Crippen LogP contribution in [0.1, 0.15) is 44.5 Å². The molecule has 0 saturated carbocycles. The Morgan fingerprint density at radius 3 is 0.500 bits per heavy atom. The van der Waals surface area contributed by atoms with Gasteiger partial charge in [-0.05, 0) is 142 Å². The van der Waals surface area contributed by atoms with Gasteiger partial charge in [0.05, 0.1) is 46.2 Å². The van der Waals surface area contributed by atoms with Gasteiger partial charge in [-0.1, -0.05) is 144 Å². The molecular weight excluding hydrogens is 1290 g/mol. The lowest BCUT2D eigenvalue weighted by atomic mass is 10.1. The summed E-state index contributed by atoms with van der Waals surface area (Å²) in [7, 11) is 6.82. The van der Waals surface area contributed by atoms with Crippen LogP contribution in [0, 0.1) is 0 Å². The SMILES string of the molecule is COc1ccc(P2(=S)SCc3ccccc3CSP(=S)(c3ccc(OC)cc3)SCc3ccccc3CS2)cc1.COc1ccc(P2(=S)SCc3ccccc3CSP(=S)(c3ccc(OC)cc3)SCc3ccccc3CS2)cc1. The van der Waals surface area contributed by atoms with Crippen LogP contribution in [0.5, 0.6) is 23.0 Å². The second kappa shape index (κ2) is 30.1. The molecule has 10 rings (SSSR count). The first kappa shape index (κ1) is 62.9. The van der Waals surface area contributed by atoms with Gasteiger partial charge in [0.2, 0.25) is 0 Å².